The van der Waals surface area contributed by atoms with E-state index >= 15 is 0 Å². The molecule has 1 atom stereocenters. The molecule has 134 valence electrons. The van der Waals surface area contributed by atoms with E-state index in [1.807, 2.05) is 43.3 Å². The minimum Gasteiger partial charge on any atom is -0.345 e. The molecule has 0 bridgehead atoms. The predicted molar refractivity (Wildman–Crippen MR) is 106 cm³/mol. The summed E-state index contributed by atoms with van der Waals surface area (Å²) in [6.45, 7) is 1.93. The molecule has 1 aliphatic rings. The predicted octanol–water partition coefficient (Wildman–Crippen LogP) is 3.40. The second kappa shape index (κ2) is 8.10. The Balaban J connectivity index is 1.66. The van der Waals surface area contributed by atoms with Gasteiger partial charge in [-0.05, 0) is 49.7 Å². The monoisotopic (exact) mass is 367 g/mol. The number of hydrogen-bond donors (Lipinski definition) is 3. The lowest BCUT2D eigenvalue weighted by molar-refractivity contribution is -0.120. The van der Waals surface area contributed by atoms with Crippen molar-refractivity contribution >= 4 is 34.8 Å². The minimum atomic E-state index is -0.208. The molecule has 2 aromatic carbocycles. The Morgan fingerprint density at radius 2 is 1.69 bits per heavy atom. The Hall–Kier alpha value is -2.73. The molecule has 5 nitrogen and oxygen atoms in total. The number of nitrogens with one attached hydrogen (secondary N) is 3. The SMILES string of the molecule is CC(NC(=O)c1ccccc1NC(=S)NC(=O)C1CC1)c1ccccc1. The van der Waals surface area contributed by atoms with Gasteiger partial charge in [-0.25, -0.2) is 0 Å². The van der Waals surface area contributed by atoms with Gasteiger partial charge in [0.25, 0.3) is 5.91 Å². The van der Waals surface area contributed by atoms with Gasteiger partial charge in [0, 0.05) is 5.92 Å². The molecule has 1 unspecified atom stereocenters. The van der Waals surface area contributed by atoms with E-state index in [0.29, 0.717) is 11.3 Å². The lowest BCUT2D eigenvalue weighted by Gasteiger charge is -2.17. The molecule has 2 amide bonds. The van der Waals surface area contributed by atoms with Crippen LogP contribution in [0.4, 0.5) is 5.69 Å². The van der Waals surface area contributed by atoms with Gasteiger partial charge in [0.15, 0.2) is 5.11 Å². The summed E-state index contributed by atoms with van der Waals surface area (Å²) in [4.78, 5) is 24.5. The first-order valence-electron chi connectivity index (χ1n) is 8.61. The fourth-order valence-corrected chi connectivity index (χ4v) is 2.81. The maximum Gasteiger partial charge on any atom is 0.253 e. The van der Waals surface area contributed by atoms with E-state index in [1.54, 1.807) is 18.2 Å². The fourth-order valence-electron chi connectivity index (χ4n) is 2.60. The highest BCUT2D eigenvalue weighted by Crippen LogP contribution is 2.28. The minimum absolute atomic E-state index is 0.0675. The molecule has 0 aromatic heterocycles. The van der Waals surface area contributed by atoms with Crippen LogP contribution >= 0.6 is 12.2 Å². The lowest BCUT2D eigenvalue weighted by atomic mass is 10.1. The van der Waals surface area contributed by atoms with Crippen LogP contribution in [0.25, 0.3) is 0 Å². The number of hydrogen-bond acceptors (Lipinski definition) is 3. The molecule has 1 fully saturated rings. The smallest absolute Gasteiger partial charge is 0.253 e. The van der Waals surface area contributed by atoms with Crippen LogP contribution < -0.4 is 16.0 Å². The highest BCUT2D eigenvalue weighted by Gasteiger charge is 2.30. The van der Waals surface area contributed by atoms with Crippen LogP contribution in [0.2, 0.25) is 0 Å². The van der Waals surface area contributed by atoms with Gasteiger partial charge in [-0.3, -0.25) is 9.59 Å². The van der Waals surface area contributed by atoms with Crippen molar-refractivity contribution in [2.45, 2.75) is 25.8 Å². The zero-order valence-electron chi connectivity index (χ0n) is 14.5. The second-order valence-corrected chi connectivity index (χ2v) is 6.78. The summed E-state index contributed by atoms with van der Waals surface area (Å²) >= 11 is 5.20. The third-order valence-electron chi connectivity index (χ3n) is 4.25. The number of carbonyl (C=O) groups is 2. The zero-order valence-corrected chi connectivity index (χ0v) is 15.3. The Labute approximate surface area is 158 Å². The molecule has 0 heterocycles. The third-order valence-corrected chi connectivity index (χ3v) is 4.46. The number of rotatable bonds is 5. The zero-order chi connectivity index (χ0) is 18.5. The van der Waals surface area contributed by atoms with Crippen LogP contribution in [0, 0.1) is 5.92 Å². The van der Waals surface area contributed by atoms with Gasteiger partial charge in [-0.2, -0.15) is 0 Å². The summed E-state index contributed by atoms with van der Waals surface area (Å²) in [5, 5.41) is 8.82. The Kier molecular flexibility index (Phi) is 5.63. The standard InChI is InChI=1S/C20H21N3O2S/c1-13(14-7-3-2-4-8-14)21-19(25)16-9-5-6-10-17(16)22-20(26)23-18(24)15-11-12-15/h2-10,13,15H,11-12H2,1H3,(H,21,25)(H2,22,23,24,26). The number of thiocarbonyl (C=S) groups is 1. The van der Waals surface area contributed by atoms with Crippen molar-refractivity contribution in [1.29, 1.82) is 0 Å². The molecule has 3 rings (SSSR count). The second-order valence-electron chi connectivity index (χ2n) is 6.37. The van der Waals surface area contributed by atoms with Crippen molar-refractivity contribution in [3.8, 4) is 0 Å². The Morgan fingerprint density at radius 1 is 1.04 bits per heavy atom. The van der Waals surface area contributed by atoms with Gasteiger partial charge in [0.1, 0.15) is 0 Å². The van der Waals surface area contributed by atoms with Gasteiger partial charge in [-0.1, -0.05) is 42.5 Å². The molecule has 0 aliphatic heterocycles. The molecule has 26 heavy (non-hydrogen) atoms. The van der Waals surface area contributed by atoms with Crippen LogP contribution in [-0.4, -0.2) is 16.9 Å². The van der Waals surface area contributed by atoms with Crippen molar-refractivity contribution in [2.75, 3.05) is 5.32 Å². The molecule has 2 aromatic rings. The van der Waals surface area contributed by atoms with E-state index in [-0.39, 0.29) is 28.9 Å². The summed E-state index contributed by atoms with van der Waals surface area (Å²) in [5.41, 5.74) is 2.06. The van der Waals surface area contributed by atoms with Crippen molar-refractivity contribution < 1.29 is 9.59 Å². The Morgan fingerprint density at radius 3 is 2.38 bits per heavy atom. The summed E-state index contributed by atoms with van der Waals surface area (Å²) in [6, 6.07) is 16.7. The third kappa shape index (κ3) is 4.67. The molecule has 1 saturated carbocycles. The maximum atomic E-state index is 12.7. The number of benzene rings is 2. The molecule has 0 radical (unpaired) electrons. The Bertz CT molecular complexity index is 819. The van der Waals surface area contributed by atoms with Gasteiger partial charge in [0.05, 0.1) is 17.3 Å². The lowest BCUT2D eigenvalue weighted by Crippen LogP contribution is -2.36. The van der Waals surface area contributed by atoms with E-state index in [1.165, 1.54) is 0 Å². The van der Waals surface area contributed by atoms with E-state index in [0.717, 1.165) is 18.4 Å². The topological polar surface area (TPSA) is 70.2 Å². The van der Waals surface area contributed by atoms with Crippen LogP contribution in [0.15, 0.2) is 54.6 Å². The number of carbonyl (C=O) groups excluding carboxylic acids is 2. The van der Waals surface area contributed by atoms with Crippen molar-refractivity contribution in [3.05, 3.63) is 65.7 Å². The fraction of sp³-hybridized carbons (Fsp3) is 0.250. The first-order valence-corrected chi connectivity index (χ1v) is 9.02. The average molecular weight is 367 g/mol. The summed E-state index contributed by atoms with van der Waals surface area (Å²) in [7, 11) is 0. The molecule has 6 heteroatoms. The summed E-state index contributed by atoms with van der Waals surface area (Å²) < 4.78 is 0. The first kappa shape index (κ1) is 18.1. The highest BCUT2D eigenvalue weighted by molar-refractivity contribution is 7.80. The number of anilines is 1. The average Bonchev–Trinajstić information content (AvgIpc) is 3.48. The molecular formula is C20H21N3O2S. The van der Waals surface area contributed by atoms with Gasteiger partial charge in [-0.15, -0.1) is 0 Å². The largest absolute Gasteiger partial charge is 0.345 e. The van der Waals surface area contributed by atoms with E-state index in [4.69, 9.17) is 12.2 Å². The van der Waals surface area contributed by atoms with Gasteiger partial charge >= 0.3 is 0 Å². The molecule has 0 spiro atoms. The highest BCUT2D eigenvalue weighted by atomic mass is 32.1. The molecule has 3 N–H and O–H groups in total. The van der Waals surface area contributed by atoms with E-state index in [9.17, 15) is 9.59 Å². The van der Waals surface area contributed by atoms with Crippen LogP contribution in [-0.2, 0) is 4.79 Å². The molecule has 1 aliphatic carbocycles. The number of para-hydroxylation sites is 1. The van der Waals surface area contributed by atoms with Gasteiger partial charge < -0.3 is 16.0 Å². The van der Waals surface area contributed by atoms with Crippen LogP contribution in [0.1, 0.15) is 41.7 Å². The van der Waals surface area contributed by atoms with Crippen molar-refractivity contribution in [2.24, 2.45) is 5.92 Å². The normalized spacial score (nSPS) is 14.2. The molecule has 0 saturated heterocycles. The van der Waals surface area contributed by atoms with Crippen LogP contribution in [0.3, 0.4) is 0 Å². The van der Waals surface area contributed by atoms with E-state index < -0.39 is 0 Å². The maximum absolute atomic E-state index is 12.7. The van der Waals surface area contributed by atoms with Crippen LogP contribution in [0.5, 0.6) is 0 Å². The summed E-state index contributed by atoms with van der Waals surface area (Å²) in [6.07, 6.45) is 1.82. The quantitative estimate of drug-likeness (QED) is 0.709. The van der Waals surface area contributed by atoms with E-state index in [2.05, 4.69) is 16.0 Å². The first-order chi connectivity index (χ1) is 12.5. The molecular weight excluding hydrogens is 346 g/mol. The van der Waals surface area contributed by atoms with Crippen molar-refractivity contribution in [1.82, 2.24) is 10.6 Å². The summed E-state index contributed by atoms with van der Waals surface area (Å²) in [5.74, 6) is -0.206. The van der Waals surface area contributed by atoms with Crippen molar-refractivity contribution in [3.63, 3.8) is 0 Å². The number of amides is 2. The van der Waals surface area contributed by atoms with Gasteiger partial charge in [0.2, 0.25) is 5.91 Å².